The lowest BCUT2D eigenvalue weighted by Gasteiger charge is -2.17. The number of rotatable bonds is 2. The van der Waals surface area contributed by atoms with Crippen LogP contribution in [0.4, 0.5) is 10.5 Å². The van der Waals surface area contributed by atoms with Gasteiger partial charge in [-0.25, -0.2) is 13.2 Å². The summed E-state index contributed by atoms with van der Waals surface area (Å²) in [6.07, 6.45) is 1.73. The molecule has 5 nitrogen and oxygen atoms in total. The topological polar surface area (TPSA) is 66.5 Å². The molecule has 2 rings (SSSR count). The van der Waals surface area contributed by atoms with E-state index in [0.29, 0.717) is 18.7 Å². The van der Waals surface area contributed by atoms with Crippen molar-refractivity contribution in [2.24, 2.45) is 0 Å². The first kappa shape index (κ1) is 12.9. The number of anilines is 1. The number of urea groups is 1. The second-order valence-electron chi connectivity index (χ2n) is 4.48. The van der Waals surface area contributed by atoms with Crippen molar-refractivity contribution in [2.75, 3.05) is 24.7 Å². The smallest absolute Gasteiger partial charge is 0.321 e. The predicted molar refractivity (Wildman–Crippen MR) is 70.3 cm³/mol. The normalized spacial score (nSPS) is 19.8. The van der Waals surface area contributed by atoms with E-state index in [1.54, 1.807) is 17.0 Å². The molecule has 98 valence electrons. The van der Waals surface area contributed by atoms with Gasteiger partial charge < -0.3 is 10.2 Å². The Hall–Kier alpha value is -1.56. The fourth-order valence-electron chi connectivity index (χ4n) is 1.99. The van der Waals surface area contributed by atoms with Crippen LogP contribution in [0, 0.1) is 0 Å². The molecule has 0 bridgehead atoms. The summed E-state index contributed by atoms with van der Waals surface area (Å²) >= 11 is 0. The third-order valence-electron chi connectivity index (χ3n) is 3.06. The van der Waals surface area contributed by atoms with Crippen LogP contribution in [-0.4, -0.2) is 43.9 Å². The number of sulfone groups is 1. The zero-order valence-corrected chi connectivity index (χ0v) is 11.0. The van der Waals surface area contributed by atoms with Gasteiger partial charge in [-0.3, -0.25) is 0 Å². The molecule has 1 aliphatic heterocycles. The minimum Gasteiger partial charge on any atom is -0.323 e. The number of carbonyl (C=O) groups is 1. The number of para-hydroxylation sites is 1. The number of hydrogen-bond donors (Lipinski definition) is 1. The number of hydrogen-bond acceptors (Lipinski definition) is 3. The summed E-state index contributed by atoms with van der Waals surface area (Å²) in [7, 11) is -3.06. The second kappa shape index (κ2) is 4.97. The van der Waals surface area contributed by atoms with Gasteiger partial charge in [-0.1, -0.05) is 18.2 Å². The fraction of sp³-hybridized carbons (Fsp3) is 0.417. The predicted octanol–water partition coefficient (Wildman–Crippen LogP) is 1.34. The Balaban J connectivity index is 1.96. The first-order valence-corrected chi connectivity index (χ1v) is 7.72. The van der Waals surface area contributed by atoms with E-state index in [1.165, 1.54) is 6.26 Å². The summed E-state index contributed by atoms with van der Waals surface area (Å²) in [5.74, 6) is 0. The average molecular weight is 268 g/mol. The number of amides is 2. The van der Waals surface area contributed by atoms with Gasteiger partial charge in [0.1, 0.15) is 0 Å². The highest BCUT2D eigenvalue weighted by atomic mass is 32.2. The molecule has 0 saturated carbocycles. The van der Waals surface area contributed by atoms with Crippen molar-refractivity contribution < 1.29 is 13.2 Å². The minimum absolute atomic E-state index is 0.243. The van der Waals surface area contributed by atoms with Crippen LogP contribution < -0.4 is 5.32 Å². The standard InChI is InChI=1S/C12H16N2O3S/c1-18(16,17)11-7-8-14(9-11)12(15)13-10-5-3-2-4-6-10/h2-6,11H,7-9H2,1H3,(H,13,15). The van der Waals surface area contributed by atoms with Crippen LogP contribution in [0.2, 0.25) is 0 Å². The monoisotopic (exact) mass is 268 g/mol. The quantitative estimate of drug-likeness (QED) is 0.880. The highest BCUT2D eigenvalue weighted by Crippen LogP contribution is 2.17. The van der Waals surface area contributed by atoms with Crippen LogP contribution in [0.25, 0.3) is 0 Å². The SMILES string of the molecule is CS(=O)(=O)C1CCN(C(=O)Nc2ccccc2)C1. The number of benzene rings is 1. The zero-order chi connectivity index (χ0) is 13.2. The van der Waals surface area contributed by atoms with Crippen molar-refractivity contribution in [1.82, 2.24) is 4.90 Å². The van der Waals surface area contributed by atoms with E-state index < -0.39 is 15.1 Å². The van der Waals surface area contributed by atoms with Gasteiger partial charge in [0.05, 0.1) is 5.25 Å². The molecule has 2 amide bonds. The van der Waals surface area contributed by atoms with Crippen LogP contribution in [0.1, 0.15) is 6.42 Å². The Morgan fingerprint density at radius 1 is 1.33 bits per heavy atom. The van der Waals surface area contributed by atoms with Gasteiger partial charge in [0.2, 0.25) is 0 Å². The van der Waals surface area contributed by atoms with Gasteiger partial charge in [0, 0.05) is 25.0 Å². The van der Waals surface area contributed by atoms with Gasteiger partial charge >= 0.3 is 6.03 Å². The maximum atomic E-state index is 11.9. The van der Waals surface area contributed by atoms with Gasteiger partial charge in [-0.15, -0.1) is 0 Å². The zero-order valence-electron chi connectivity index (χ0n) is 10.2. The van der Waals surface area contributed by atoms with Crippen molar-refractivity contribution in [3.05, 3.63) is 30.3 Å². The molecule has 1 atom stereocenters. The van der Waals surface area contributed by atoms with Crippen LogP contribution in [0.15, 0.2) is 30.3 Å². The van der Waals surface area contributed by atoms with Gasteiger partial charge in [-0.05, 0) is 18.6 Å². The molecule has 0 aliphatic carbocycles. The van der Waals surface area contributed by atoms with Crippen LogP contribution in [0.3, 0.4) is 0 Å². The first-order chi connectivity index (χ1) is 8.47. The maximum absolute atomic E-state index is 11.9. The summed E-state index contributed by atoms with van der Waals surface area (Å²) in [6, 6.07) is 8.87. The molecule has 1 N–H and O–H groups in total. The maximum Gasteiger partial charge on any atom is 0.321 e. The van der Waals surface area contributed by atoms with E-state index in [4.69, 9.17) is 0 Å². The van der Waals surface area contributed by atoms with Crippen molar-refractivity contribution in [2.45, 2.75) is 11.7 Å². The number of likely N-dealkylation sites (tertiary alicyclic amines) is 1. The Morgan fingerprint density at radius 2 is 2.00 bits per heavy atom. The molecule has 1 unspecified atom stereocenters. The number of nitrogens with zero attached hydrogens (tertiary/aromatic N) is 1. The molecule has 1 heterocycles. The van der Waals surface area contributed by atoms with Crippen molar-refractivity contribution in [1.29, 1.82) is 0 Å². The van der Waals surface area contributed by atoms with Crippen LogP contribution in [-0.2, 0) is 9.84 Å². The van der Waals surface area contributed by atoms with E-state index >= 15 is 0 Å². The molecule has 1 fully saturated rings. The largest absolute Gasteiger partial charge is 0.323 e. The Bertz CT molecular complexity index is 528. The highest BCUT2D eigenvalue weighted by Gasteiger charge is 2.32. The molecule has 1 aromatic carbocycles. The molecule has 0 radical (unpaired) electrons. The second-order valence-corrected chi connectivity index (χ2v) is 6.81. The Kier molecular flexibility index (Phi) is 3.56. The summed E-state index contributed by atoms with van der Waals surface area (Å²) in [5, 5.41) is 2.32. The van der Waals surface area contributed by atoms with Crippen LogP contribution in [0.5, 0.6) is 0 Å². The highest BCUT2D eigenvalue weighted by molar-refractivity contribution is 7.91. The Labute approximate surface area is 107 Å². The van der Waals surface area contributed by atoms with E-state index in [0.717, 1.165) is 0 Å². The van der Waals surface area contributed by atoms with Crippen molar-refractivity contribution >= 4 is 21.6 Å². The minimum atomic E-state index is -3.06. The molecule has 1 saturated heterocycles. The molecule has 0 aromatic heterocycles. The van der Waals surface area contributed by atoms with Gasteiger partial charge in [0.15, 0.2) is 9.84 Å². The van der Waals surface area contributed by atoms with Crippen molar-refractivity contribution in [3.8, 4) is 0 Å². The first-order valence-electron chi connectivity index (χ1n) is 5.76. The summed E-state index contributed by atoms with van der Waals surface area (Å²) < 4.78 is 22.8. The average Bonchev–Trinajstić information content (AvgIpc) is 2.79. The molecule has 6 heteroatoms. The molecule has 1 aromatic rings. The molecular weight excluding hydrogens is 252 g/mol. The third kappa shape index (κ3) is 3.01. The number of carbonyl (C=O) groups excluding carboxylic acids is 1. The lowest BCUT2D eigenvalue weighted by molar-refractivity contribution is 0.222. The fourth-order valence-corrected chi connectivity index (χ4v) is 2.97. The van der Waals surface area contributed by atoms with Gasteiger partial charge in [0.25, 0.3) is 0 Å². The van der Waals surface area contributed by atoms with Crippen molar-refractivity contribution in [3.63, 3.8) is 0 Å². The lowest BCUT2D eigenvalue weighted by Crippen LogP contribution is -2.34. The third-order valence-corrected chi connectivity index (χ3v) is 4.66. The van der Waals surface area contributed by atoms with Gasteiger partial charge in [-0.2, -0.15) is 0 Å². The van der Waals surface area contributed by atoms with E-state index in [1.807, 2.05) is 18.2 Å². The summed E-state index contributed by atoms with van der Waals surface area (Å²) in [4.78, 5) is 13.4. The molecule has 0 spiro atoms. The summed E-state index contributed by atoms with van der Waals surface area (Å²) in [5.41, 5.74) is 0.713. The Morgan fingerprint density at radius 3 is 2.56 bits per heavy atom. The number of nitrogens with one attached hydrogen (secondary N) is 1. The lowest BCUT2D eigenvalue weighted by atomic mass is 10.3. The molecule has 1 aliphatic rings. The molecular formula is C12H16N2O3S. The van der Waals surface area contributed by atoms with Crippen LogP contribution >= 0.6 is 0 Å². The summed E-state index contributed by atoms with van der Waals surface area (Å²) in [6.45, 7) is 0.758. The van der Waals surface area contributed by atoms with E-state index in [9.17, 15) is 13.2 Å². The molecule has 18 heavy (non-hydrogen) atoms. The van der Waals surface area contributed by atoms with E-state index in [2.05, 4.69) is 5.32 Å². The van der Waals surface area contributed by atoms with E-state index in [-0.39, 0.29) is 12.6 Å².